The fraction of sp³-hybridized carbons (Fsp3) is 0.286. The highest BCUT2D eigenvalue weighted by Crippen LogP contribution is 2.06. The molecule has 0 unspecified atom stereocenters. The van der Waals surface area contributed by atoms with Crippen LogP contribution in [0.2, 0.25) is 0 Å². The molecule has 0 saturated heterocycles. The number of pyridine rings is 1. The molecule has 1 N–H and O–H groups in total. The number of aromatic amines is 1. The molecule has 1 rings (SSSR count). The first-order valence-corrected chi connectivity index (χ1v) is 4.05. The van der Waals surface area contributed by atoms with Gasteiger partial charge in [0.25, 0.3) is 5.56 Å². The Morgan fingerprint density at radius 1 is 1.50 bits per heavy atom. The monoisotopic (exact) mass is 249 g/mol. The van der Waals surface area contributed by atoms with Crippen molar-refractivity contribution in [3.8, 4) is 0 Å². The summed E-state index contributed by atoms with van der Waals surface area (Å²) >= 11 is 2.20. The zero-order valence-corrected chi connectivity index (χ0v) is 8.02. The smallest absolute Gasteiger partial charge is 0.251 e. The molecule has 0 fully saturated rings. The molecule has 0 aliphatic rings. The molecule has 0 radical (unpaired) electrons. The molecule has 1 aromatic rings. The first-order valence-electron chi connectivity index (χ1n) is 2.97. The average Bonchev–Trinajstić information content (AvgIpc) is 1.84. The summed E-state index contributed by atoms with van der Waals surface area (Å²) in [5.41, 5.74) is 1.73. The Hall–Kier alpha value is -0.320. The third-order valence-electron chi connectivity index (χ3n) is 1.36. The zero-order chi connectivity index (χ0) is 7.72. The second-order valence-electron chi connectivity index (χ2n) is 2.25. The molecular formula is C7H8INO. The second kappa shape index (κ2) is 2.74. The lowest BCUT2D eigenvalue weighted by Crippen LogP contribution is -2.11. The normalized spacial score (nSPS) is 9.90. The van der Waals surface area contributed by atoms with E-state index < -0.39 is 0 Å². The van der Waals surface area contributed by atoms with Crippen molar-refractivity contribution in [2.45, 2.75) is 13.8 Å². The third-order valence-corrected chi connectivity index (χ3v) is 2.48. The first kappa shape index (κ1) is 7.78. The fourth-order valence-electron chi connectivity index (χ4n) is 0.692. The summed E-state index contributed by atoms with van der Waals surface area (Å²) in [5.74, 6) is 0. The van der Waals surface area contributed by atoms with Gasteiger partial charge in [0.15, 0.2) is 0 Å². The molecule has 1 heterocycles. The van der Waals surface area contributed by atoms with Gasteiger partial charge in [0.05, 0.1) is 0 Å². The summed E-state index contributed by atoms with van der Waals surface area (Å²) in [4.78, 5) is 13.7. The summed E-state index contributed by atoms with van der Waals surface area (Å²) in [6, 6.07) is 1.88. The van der Waals surface area contributed by atoms with E-state index in [2.05, 4.69) is 27.6 Å². The topological polar surface area (TPSA) is 32.9 Å². The quantitative estimate of drug-likeness (QED) is 0.696. The highest BCUT2D eigenvalue weighted by Gasteiger charge is 1.96. The van der Waals surface area contributed by atoms with Crippen molar-refractivity contribution in [2.75, 3.05) is 0 Å². The second-order valence-corrected chi connectivity index (χ2v) is 3.42. The summed E-state index contributed by atoms with van der Waals surface area (Å²) in [6.07, 6.45) is 0. The van der Waals surface area contributed by atoms with Gasteiger partial charge in [-0.2, -0.15) is 0 Å². The minimum atomic E-state index is 0.0120. The van der Waals surface area contributed by atoms with E-state index in [1.807, 2.05) is 13.0 Å². The molecule has 0 aliphatic heterocycles. The highest BCUT2D eigenvalue weighted by molar-refractivity contribution is 14.1. The van der Waals surface area contributed by atoms with E-state index in [0.29, 0.717) is 0 Å². The number of aromatic nitrogens is 1. The molecule has 0 aromatic carbocycles. The molecular weight excluding hydrogens is 241 g/mol. The standard InChI is InChI=1S/C7H8INO/c1-4-3-6(8)5(2)9-7(4)10/h3H,1-2H3,(H,9,10). The van der Waals surface area contributed by atoms with E-state index in [1.54, 1.807) is 6.92 Å². The van der Waals surface area contributed by atoms with Crippen LogP contribution >= 0.6 is 22.6 Å². The molecule has 0 spiro atoms. The number of rotatable bonds is 0. The van der Waals surface area contributed by atoms with Gasteiger partial charge >= 0.3 is 0 Å². The minimum absolute atomic E-state index is 0.0120. The van der Waals surface area contributed by atoms with E-state index in [-0.39, 0.29) is 5.56 Å². The van der Waals surface area contributed by atoms with Crippen molar-refractivity contribution in [3.05, 3.63) is 31.2 Å². The summed E-state index contributed by atoms with van der Waals surface area (Å²) in [5, 5.41) is 0. The maximum Gasteiger partial charge on any atom is 0.251 e. The van der Waals surface area contributed by atoms with E-state index in [0.717, 1.165) is 14.8 Å². The van der Waals surface area contributed by atoms with Gasteiger partial charge in [-0.3, -0.25) is 4.79 Å². The van der Waals surface area contributed by atoms with E-state index >= 15 is 0 Å². The van der Waals surface area contributed by atoms with Crippen LogP contribution in [0.4, 0.5) is 0 Å². The van der Waals surface area contributed by atoms with Crippen LogP contribution in [0.15, 0.2) is 10.9 Å². The Morgan fingerprint density at radius 3 is 2.60 bits per heavy atom. The lowest BCUT2D eigenvalue weighted by molar-refractivity contribution is 1.09. The maximum absolute atomic E-state index is 10.9. The Morgan fingerprint density at radius 2 is 2.10 bits per heavy atom. The van der Waals surface area contributed by atoms with Gasteiger partial charge in [0, 0.05) is 14.8 Å². The Labute approximate surface area is 72.8 Å². The lowest BCUT2D eigenvalue weighted by atomic mass is 10.3. The Balaban J connectivity index is 3.43. The summed E-state index contributed by atoms with van der Waals surface area (Å²) in [7, 11) is 0. The van der Waals surface area contributed by atoms with Crippen LogP contribution in [0.1, 0.15) is 11.3 Å². The number of aryl methyl sites for hydroxylation is 2. The largest absolute Gasteiger partial charge is 0.325 e. The van der Waals surface area contributed by atoms with Crippen molar-refractivity contribution in [3.63, 3.8) is 0 Å². The summed E-state index contributed by atoms with van der Waals surface area (Å²) in [6.45, 7) is 3.70. The van der Waals surface area contributed by atoms with Crippen molar-refractivity contribution in [2.24, 2.45) is 0 Å². The highest BCUT2D eigenvalue weighted by atomic mass is 127. The van der Waals surface area contributed by atoms with Crippen molar-refractivity contribution >= 4 is 22.6 Å². The maximum atomic E-state index is 10.9. The minimum Gasteiger partial charge on any atom is -0.325 e. The molecule has 0 amide bonds. The van der Waals surface area contributed by atoms with Gasteiger partial charge in [0.1, 0.15) is 0 Å². The van der Waals surface area contributed by atoms with Crippen molar-refractivity contribution in [1.82, 2.24) is 4.98 Å². The molecule has 0 bridgehead atoms. The van der Waals surface area contributed by atoms with E-state index in [4.69, 9.17) is 0 Å². The van der Waals surface area contributed by atoms with Gasteiger partial charge in [-0.05, 0) is 42.5 Å². The average molecular weight is 249 g/mol. The SMILES string of the molecule is Cc1[nH]c(=O)c(C)cc1I. The number of H-pyrrole nitrogens is 1. The molecule has 0 saturated carbocycles. The van der Waals surface area contributed by atoms with Gasteiger partial charge in [-0.25, -0.2) is 0 Å². The Bertz CT molecular complexity index is 303. The van der Waals surface area contributed by atoms with Gasteiger partial charge in [-0.15, -0.1) is 0 Å². The molecule has 10 heavy (non-hydrogen) atoms. The third kappa shape index (κ3) is 1.39. The molecule has 0 aliphatic carbocycles. The summed E-state index contributed by atoms with van der Waals surface area (Å²) < 4.78 is 1.11. The number of halogens is 1. The molecule has 3 heteroatoms. The number of nitrogens with one attached hydrogen (secondary N) is 1. The van der Waals surface area contributed by atoms with Crippen LogP contribution in [-0.4, -0.2) is 4.98 Å². The van der Waals surface area contributed by atoms with Gasteiger partial charge in [0.2, 0.25) is 0 Å². The van der Waals surface area contributed by atoms with Gasteiger partial charge < -0.3 is 4.98 Å². The van der Waals surface area contributed by atoms with Gasteiger partial charge in [-0.1, -0.05) is 0 Å². The van der Waals surface area contributed by atoms with E-state index in [9.17, 15) is 4.79 Å². The molecule has 0 atom stereocenters. The van der Waals surface area contributed by atoms with Crippen molar-refractivity contribution < 1.29 is 0 Å². The van der Waals surface area contributed by atoms with Crippen LogP contribution in [0, 0.1) is 17.4 Å². The number of hydrogen-bond acceptors (Lipinski definition) is 1. The first-order chi connectivity index (χ1) is 4.61. The lowest BCUT2D eigenvalue weighted by Gasteiger charge is -1.97. The van der Waals surface area contributed by atoms with Crippen LogP contribution in [-0.2, 0) is 0 Å². The molecule has 1 aromatic heterocycles. The Kier molecular flexibility index (Phi) is 2.13. The van der Waals surface area contributed by atoms with Crippen molar-refractivity contribution in [1.29, 1.82) is 0 Å². The molecule has 2 nitrogen and oxygen atoms in total. The zero-order valence-electron chi connectivity index (χ0n) is 5.86. The number of hydrogen-bond donors (Lipinski definition) is 1. The van der Waals surface area contributed by atoms with Crippen LogP contribution in [0.3, 0.4) is 0 Å². The van der Waals surface area contributed by atoms with Crippen LogP contribution < -0.4 is 5.56 Å². The fourth-order valence-corrected chi connectivity index (χ4v) is 1.29. The van der Waals surface area contributed by atoms with Crippen LogP contribution in [0.5, 0.6) is 0 Å². The predicted molar refractivity (Wildman–Crippen MR) is 49.3 cm³/mol. The predicted octanol–water partition coefficient (Wildman–Crippen LogP) is 1.60. The van der Waals surface area contributed by atoms with E-state index in [1.165, 1.54) is 0 Å². The van der Waals surface area contributed by atoms with Crippen LogP contribution in [0.25, 0.3) is 0 Å². The molecule has 54 valence electrons.